The van der Waals surface area contributed by atoms with E-state index in [1.165, 1.54) is 81.1 Å². The van der Waals surface area contributed by atoms with Gasteiger partial charge in [0.2, 0.25) is 4.77 Å². The zero-order valence-corrected chi connectivity index (χ0v) is 18.6. The first kappa shape index (κ1) is 22.2. The fourth-order valence-corrected chi connectivity index (χ4v) is 4.32. The first-order valence-electron chi connectivity index (χ1n) is 10.6. The predicted octanol–water partition coefficient (Wildman–Crippen LogP) is 7.66. The number of rotatable bonds is 14. The monoisotopic (exact) mass is 405 g/mol. The first-order valence-corrected chi connectivity index (χ1v) is 11.8. The minimum atomic E-state index is 0.693. The van der Waals surface area contributed by atoms with Crippen LogP contribution in [0.5, 0.6) is 0 Å². The summed E-state index contributed by atoms with van der Waals surface area (Å²) in [6.07, 6.45) is 16.0. The van der Waals surface area contributed by atoms with Crippen molar-refractivity contribution in [3.05, 3.63) is 40.4 Å². The Balaban J connectivity index is 1.62. The van der Waals surface area contributed by atoms with Gasteiger partial charge >= 0.3 is 0 Å². The highest BCUT2D eigenvalue weighted by Crippen LogP contribution is 2.23. The average molecular weight is 406 g/mol. The highest BCUT2D eigenvalue weighted by molar-refractivity contribution is 7.98. The lowest BCUT2D eigenvalue weighted by Gasteiger charge is -2.06. The smallest absolute Gasteiger partial charge is 0.205 e. The van der Waals surface area contributed by atoms with Gasteiger partial charge in [-0.05, 0) is 49.6 Å². The Morgan fingerprint density at radius 2 is 1.44 bits per heavy atom. The lowest BCUT2D eigenvalue weighted by atomic mass is 10.1. The zero-order chi connectivity index (χ0) is 19.3. The molecular weight excluding hydrogens is 370 g/mol. The number of hydrogen-bond donors (Lipinski definition) is 1. The molecular formula is C22H35N3S2. The number of aryl methyl sites for hydroxylation is 2. The Labute approximate surface area is 174 Å². The third-order valence-electron chi connectivity index (χ3n) is 4.92. The molecule has 0 aliphatic rings. The summed E-state index contributed by atoms with van der Waals surface area (Å²) in [5.41, 5.74) is 1.27. The van der Waals surface area contributed by atoms with Crippen molar-refractivity contribution in [2.75, 3.05) is 0 Å². The van der Waals surface area contributed by atoms with E-state index in [4.69, 9.17) is 12.2 Å². The Hall–Kier alpha value is -1.07. The lowest BCUT2D eigenvalue weighted by Crippen LogP contribution is -1.97. The van der Waals surface area contributed by atoms with Gasteiger partial charge in [-0.1, -0.05) is 88.8 Å². The van der Waals surface area contributed by atoms with Gasteiger partial charge in [-0.25, -0.2) is 3.97 Å². The zero-order valence-electron chi connectivity index (χ0n) is 17.0. The molecule has 1 heterocycles. The number of aromatic amines is 1. The van der Waals surface area contributed by atoms with Gasteiger partial charge in [0, 0.05) is 11.3 Å². The third-order valence-corrected chi connectivity index (χ3v) is 6.37. The molecule has 0 saturated carbocycles. The molecule has 0 saturated heterocycles. The molecule has 0 spiro atoms. The van der Waals surface area contributed by atoms with E-state index in [-0.39, 0.29) is 0 Å². The minimum absolute atomic E-state index is 0.693. The number of unbranched alkanes of at least 4 members (excludes halogenated alkanes) is 10. The van der Waals surface area contributed by atoms with Crippen LogP contribution < -0.4 is 0 Å². The highest BCUT2D eigenvalue weighted by atomic mass is 32.2. The van der Waals surface area contributed by atoms with Crippen LogP contribution in [0.1, 0.15) is 88.9 Å². The first-order chi connectivity index (χ1) is 13.2. The maximum Gasteiger partial charge on any atom is 0.205 e. The largest absolute Gasteiger partial charge is 0.251 e. The van der Waals surface area contributed by atoms with Gasteiger partial charge in [0.05, 0.1) is 0 Å². The summed E-state index contributed by atoms with van der Waals surface area (Å²) in [4.78, 5) is 1.19. The van der Waals surface area contributed by atoms with Crippen LogP contribution in [-0.2, 0) is 6.42 Å². The highest BCUT2D eigenvalue weighted by Gasteiger charge is 2.08. The van der Waals surface area contributed by atoms with Crippen LogP contribution >= 0.6 is 24.2 Å². The maximum absolute atomic E-state index is 5.41. The van der Waals surface area contributed by atoms with Gasteiger partial charge in [-0.2, -0.15) is 5.10 Å². The van der Waals surface area contributed by atoms with Crippen LogP contribution in [0.15, 0.2) is 29.2 Å². The second-order valence-corrected chi connectivity index (χ2v) is 8.84. The molecule has 0 bridgehead atoms. The predicted molar refractivity (Wildman–Crippen MR) is 120 cm³/mol. The molecule has 0 aliphatic heterocycles. The van der Waals surface area contributed by atoms with Gasteiger partial charge in [0.25, 0.3) is 0 Å². The fourth-order valence-electron chi connectivity index (χ4n) is 3.22. The van der Waals surface area contributed by atoms with Gasteiger partial charge < -0.3 is 0 Å². The topological polar surface area (TPSA) is 33.6 Å². The van der Waals surface area contributed by atoms with Crippen molar-refractivity contribution in [2.45, 2.75) is 95.8 Å². The molecule has 0 fully saturated rings. The Kier molecular flexibility index (Phi) is 10.8. The van der Waals surface area contributed by atoms with Crippen LogP contribution in [0.2, 0.25) is 0 Å². The fraction of sp³-hybridized carbons (Fsp3) is 0.636. The normalized spacial score (nSPS) is 11.2. The number of benzene rings is 1. The number of nitrogens with zero attached hydrogens (tertiary/aromatic N) is 2. The van der Waals surface area contributed by atoms with Crippen LogP contribution in [0, 0.1) is 11.7 Å². The molecule has 0 atom stereocenters. The summed E-state index contributed by atoms with van der Waals surface area (Å²) >= 11 is 7.07. The molecule has 0 unspecified atom stereocenters. The summed E-state index contributed by atoms with van der Waals surface area (Å²) in [5.74, 6) is 1.06. The molecule has 2 rings (SSSR count). The average Bonchev–Trinajstić information content (AvgIpc) is 3.01. The van der Waals surface area contributed by atoms with Crippen molar-refractivity contribution in [1.82, 2.24) is 14.2 Å². The molecule has 3 nitrogen and oxygen atoms in total. The number of nitrogens with one attached hydrogen (secondary N) is 1. The van der Waals surface area contributed by atoms with Gasteiger partial charge in [-0.15, -0.1) is 0 Å². The Bertz CT molecular complexity index is 688. The van der Waals surface area contributed by atoms with Crippen LogP contribution in [0.4, 0.5) is 0 Å². The van der Waals surface area contributed by atoms with Crippen LogP contribution in [-0.4, -0.2) is 14.2 Å². The summed E-state index contributed by atoms with van der Waals surface area (Å²) in [7, 11) is 0. The molecule has 150 valence electrons. The van der Waals surface area contributed by atoms with Crippen molar-refractivity contribution in [2.24, 2.45) is 0 Å². The van der Waals surface area contributed by atoms with E-state index in [0.29, 0.717) is 4.77 Å². The maximum atomic E-state index is 5.41. The second-order valence-electron chi connectivity index (χ2n) is 7.43. The molecule has 5 heteroatoms. The van der Waals surface area contributed by atoms with Crippen molar-refractivity contribution < 1.29 is 0 Å². The summed E-state index contributed by atoms with van der Waals surface area (Å²) in [6.45, 7) is 4.39. The summed E-state index contributed by atoms with van der Waals surface area (Å²) in [5, 5.41) is 7.39. The summed E-state index contributed by atoms with van der Waals surface area (Å²) < 4.78 is 2.76. The van der Waals surface area contributed by atoms with Gasteiger partial charge in [-0.3, -0.25) is 5.10 Å². The van der Waals surface area contributed by atoms with E-state index < -0.39 is 0 Å². The van der Waals surface area contributed by atoms with Crippen molar-refractivity contribution >= 4 is 24.2 Å². The number of hydrogen-bond acceptors (Lipinski definition) is 3. The van der Waals surface area contributed by atoms with Crippen molar-refractivity contribution in [1.29, 1.82) is 0 Å². The van der Waals surface area contributed by atoms with Crippen molar-refractivity contribution in [3.8, 4) is 0 Å². The van der Waals surface area contributed by atoms with E-state index in [9.17, 15) is 0 Å². The van der Waals surface area contributed by atoms with E-state index in [0.717, 1.165) is 12.2 Å². The molecule has 0 aliphatic carbocycles. The van der Waals surface area contributed by atoms with E-state index in [1.54, 1.807) is 11.9 Å². The van der Waals surface area contributed by atoms with Crippen LogP contribution in [0.3, 0.4) is 0 Å². The molecule has 0 amide bonds. The van der Waals surface area contributed by atoms with E-state index in [1.807, 2.05) is 0 Å². The van der Waals surface area contributed by atoms with Gasteiger partial charge in [0.15, 0.2) is 0 Å². The lowest BCUT2D eigenvalue weighted by molar-refractivity contribution is 0.547. The molecule has 1 aromatic carbocycles. The Morgan fingerprint density at radius 3 is 2.04 bits per heavy atom. The summed E-state index contributed by atoms with van der Waals surface area (Å²) in [6, 6.07) is 8.55. The molecule has 2 aromatic rings. The number of H-pyrrole nitrogens is 1. The van der Waals surface area contributed by atoms with Crippen molar-refractivity contribution in [3.63, 3.8) is 0 Å². The van der Waals surface area contributed by atoms with Gasteiger partial charge in [0.1, 0.15) is 5.82 Å². The standard InChI is InChI=1S/C22H35N3S2/c1-3-4-5-6-7-8-9-10-11-12-13-14-21-23-24-22(26)25(21)27-20-17-15-19(2)16-18-20/h15-18H,3-14H2,1-2H3,(H,24,26). The minimum Gasteiger partial charge on any atom is -0.251 e. The molecule has 1 N–H and O–H groups in total. The van der Waals surface area contributed by atoms with E-state index in [2.05, 4.69) is 52.3 Å². The SMILES string of the molecule is CCCCCCCCCCCCCc1n[nH]c(=S)n1Sc1ccc(C)cc1. The molecule has 27 heavy (non-hydrogen) atoms. The van der Waals surface area contributed by atoms with E-state index >= 15 is 0 Å². The second kappa shape index (κ2) is 13.2. The van der Waals surface area contributed by atoms with Crippen LogP contribution in [0.25, 0.3) is 0 Å². The third kappa shape index (κ3) is 8.65. The molecule has 0 radical (unpaired) electrons. The quantitative estimate of drug-likeness (QED) is 0.259. The number of aromatic nitrogens is 3. The molecule has 1 aromatic heterocycles. The Morgan fingerprint density at radius 1 is 0.889 bits per heavy atom.